The minimum absolute atomic E-state index is 0.571. The Labute approximate surface area is 103 Å². The van der Waals surface area contributed by atoms with Crippen LogP contribution in [0.1, 0.15) is 33.4 Å². The van der Waals surface area contributed by atoms with Crippen LogP contribution in [0.25, 0.3) is 6.08 Å². The molecule has 1 rings (SSSR count). The van der Waals surface area contributed by atoms with Gasteiger partial charge in [-0.1, -0.05) is 33.3 Å². The highest BCUT2D eigenvalue weighted by atomic mass is 32.1. The molecule has 0 radical (unpaired) electrons. The molecule has 0 fully saturated rings. The fourth-order valence-electron chi connectivity index (χ4n) is 1.41. The van der Waals surface area contributed by atoms with Gasteiger partial charge in [0.1, 0.15) is 0 Å². The predicted molar refractivity (Wildman–Crippen MR) is 72.6 cm³/mol. The summed E-state index contributed by atoms with van der Waals surface area (Å²) in [4.78, 5) is 4.30. The number of rotatable bonds is 6. The first-order valence-electron chi connectivity index (χ1n) is 5.89. The van der Waals surface area contributed by atoms with E-state index in [0.29, 0.717) is 11.8 Å². The van der Waals surface area contributed by atoms with Gasteiger partial charge in [0.15, 0.2) is 0 Å². The largest absolute Gasteiger partial charge is 0.313 e. The fourth-order valence-corrected chi connectivity index (χ4v) is 1.92. The second-order valence-electron chi connectivity index (χ2n) is 4.81. The summed E-state index contributed by atoms with van der Waals surface area (Å²) >= 11 is 1.65. The van der Waals surface area contributed by atoms with Gasteiger partial charge < -0.3 is 5.32 Å². The minimum atomic E-state index is 0.571. The normalized spacial score (nSPS) is 12.8. The summed E-state index contributed by atoms with van der Waals surface area (Å²) in [6.07, 6.45) is 2.20. The Morgan fingerprint density at radius 1 is 1.44 bits per heavy atom. The molecule has 0 saturated heterocycles. The van der Waals surface area contributed by atoms with Crippen molar-refractivity contribution in [2.24, 2.45) is 11.8 Å². The van der Waals surface area contributed by atoms with Crippen LogP contribution in [-0.2, 0) is 0 Å². The zero-order valence-electron chi connectivity index (χ0n) is 10.7. The Bertz CT molecular complexity index is 313. The molecule has 1 N–H and O–H groups in total. The average Bonchev–Trinajstić information content (AvgIpc) is 2.68. The van der Waals surface area contributed by atoms with Crippen LogP contribution in [0.4, 0.5) is 0 Å². The summed E-state index contributed by atoms with van der Waals surface area (Å²) in [6.45, 7) is 11.0. The summed E-state index contributed by atoms with van der Waals surface area (Å²) in [5.41, 5.74) is 4.39. The lowest BCUT2D eigenvalue weighted by Gasteiger charge is -2.13. The zero-order valence-corrected chi connectivity index (χ0v) is 11.5. The zero-order chi connectivity index (χ0) is 12.0. The molecule has 0 aliphatic rings. The van der Waals surface area contributed by atoms with Gasteiger partial charge in [-0.3, -0.25) is 0 Å². The van der Waals surface area contributed by atoms with Gasteiger partial charge in [-0.15, -0.1) is 11.3 Å². The number of thiazole rings is 1. The summed E-state index contributed by atoms with van der Waals surface area (Å²) < 4.78 is 0. The van der Waals surface area contributed by atoms with E-state index in [-0.39, 0.29) is 0 Å². The van der Waals surface area contributed by atoms with Gasteiger partial charge >= 0.3 is 0 Å². The Morgan fingerprint density at radius 3 is 2.69 bits per heavy atom. The van der Waals surface area contributed by atoms with Gasteiger partial charge in [-0.25, -0.2) is 4.98 Å². The molecule has 0 aliphatic carbocycles. The highest BCUT2D eigenvalue weighted by Crippen LogP contribution is 2.14. The Kier molecular flexibility index (Phi) is 5.71. The lowest BCUT2D eigenvalue weighted by molar-refractivity contribution is 0.558. The molecule has 1 aromatic heterocycles. The highest BCUT2D eigenvalue weighted by molar-refractivity contribution is 7.07. The third-order valence-electron chi connectivity index (χ3n) is 2.41. The van der Waals surface area contributed by atoms with Gasteiger partial charge in [0.2, 0.25) is 0 Å². The fraction of sp³-hybridized carbons (Fsp3) is 0.615. The topological polar surface area (TPSA) is 24.9 Å². The van der Waals surface area contributed by atoms with E-state index in [4.69, 9.17) is 0 Å². The average molecular weight is 238 g/mol. The van der Waals surface area contributed by atoms with E-state index in [0.717, 1.165) is 18.8 Å². The van der Waals surface area contributed by atoms with Gasteiger partial charge in [0, 0.05) is 11.9 Å². The smallest absolute Gasteiger partial charge is 0.0798 e. The molecule has 0 amide bonds. The van der Waals surface area contributed by atoms with E-state index in [1.807, 2.05) is 5.51 Å². The van der Waals surface area contributed by atoms with Crippen molar-refractivity contribution in [1.29, 1.82) is 0 Å². The monoisotopic (exact) mass is 238 g/mol. The molecular formula is C13H22N2S. The highest BCUT2D eigenvalue weighted by Gasteiger charge is 2.04. The van der Waals surface area contributed by atoms with Crippen LogP contribution < -0.4 is 5.32 Å². The van der Waals surface area contributed by atoms with E-state index in [9.17, 15) is 0 Å². The number of aromatic nitrogens is 1. The quantitative estimate of drug-likeness (QED) is 0.821. The summed E-state index contributed by atoms with van der Waals surface area (Å²) in [5.74, 6) is 1.27. The van der Waals surface area contributed by atoms with Crippen LogP contribution >= 0.6 is 11.3 Å². The SMILES string of the molecule is CC(C)CNCC(=Cc1cscn1)C(C)C. The lowest BCUT2D eigenvalue weighted by Crippen LogP contribution is -2.23. The number of hydrogen-bond donors (Lipinski definition) is 1. The maximum Gasteiger partial charge on any atom is 0.0798 e. The molecule has 0 spiro atoms. The minimum Gasteiger partial charge on any atom is -0.313 e. The molecule has 3 heteroatoms. The molecule has 0 atom stereocenters. The number of nitrogens with zero attached hydrogens (tertiary/aromatic N) is 1. The van der Waals surface area contributed by atoms with Crippen molar-refractivity contribution in [3.05, 3.63) is 22.2 Å². The van der Waals surface area contributed by atoms with Crippen molar-refractivity contribution in [1.82, 2.24) is 10.3 Å². The van der Waals surface area contributed by atoms with E-state index in [1.54, 1.807) is 11.3 Å². The molecule has 0 unspecified atom stereocenters. The molecular weight excluding hydrogens is 216 g/mol. The Morgan fingerprint density at radius 2 is 2.19 bits per heavy atom. The lowest BCUT2D eigenvalue weighted by atomic mass is 10.0. The van der Waals surface area contributed by atoms with Crippen molar-refractivity contribution >= 4 is 17.4 Å². The second kappa shape index (κ2) is 6.81. The van der Waals surface area contributed by atoms with Crippen molar-refractivity contribution in [3.63, 3.8) is 0 Å². The Hall–Kier alpha value is -0.670. The summed E-state index contributed by atoms with van der Waals surface area (Å²) in [6, 6.07) is 0. The van der Waals surface area contributed by atoms with Crippen LogP contribution in [-0.4, -0.2) is 18.1 Å². The first-order chi connectivity index (χ1) is 7.59. The van der Waals surface area contributed by atoms with Gasteiger partial charge in [-0.2, -0.15) is 0 Å². The summed E-state index contributed by atoms with van der Waals surface area (Å²) in [5, 5.41) is 5.57. The number of hydrogen-bond acceptors (Lipinski definition) is 3. The first kappa shape index (κ1) is 13.4. The maximum absolute atomic E-state index is 4.30. The molecule has 16 heavy (non-hydrogen) atoms. The van der Waals surface area contributed by atoms with Crippen molar-refractivity contribution < 1.29 is 0 Å². The molecule has 1 aromatic rings. The van der Waals surface area contributed by atoms with Crippen LogP contribution in [0.5, 0.6) is 0 Å². The first-order valence-corrected chi connectivity index (χ1v) is 6.83. The molecule has 2 nitrogen and oxygen atoms in total. The third kappa shape index (κ3) is 4.90. The van der Waals surface area contributed by atoms with Crippen LogP contribution in [0.15, 0.2) is 16.5 Å². The maximum atomic E-state index is 4.30. The predicted octanol–water partition coefficient (Wildman–Crippen LogP) is 3.43. The van der Waals surface area contributed by atoms with E-state index in [1.165, 1.54) is 5.57 Å². The van der Waals surface area contributed by atoms with Crippen molar-refractivity contribution in [2.45, 2.75) is 27.7 Å². The molecule has 0 saturated carbocycles. The van der Waals surface area contributed by atoms with E-state index >= 15 is 0 Å². The molecule has 1 heterocycles. The van der Waals surface area contributed by atoms with Crippen molar-refractivity contribution in [3.8, 4) is 0 Å². The number of nitrogens with one attached hydrogen (secondary N) is 1. The van der Waals surface area contributed by atoms with Crippen LogP contribution in [0.3, 0.4) is 0 Å². The standard InChI is InChI=1S/C13H22N2S/c1-10(2)6-14-7-12(11(3)4)5-13-8-16-9-15-13/h5,8-11,14H,6-7H2,1-4H3. The second-order valence-corrected chi connectivity index (χ2v) is 5.53. The van der Waals surface area contributed by atoms with Crippen LogP contribution in [0.2, 0.25) is 0 Å². The molecule has 0 bridgehead atoms. The molecule has 0 aliphatic heterocycles. The Balaban J connectivity index is 2.54. The van der Waals surface area contributed by atoms with Gasteiger partial charge in [-0.05, 0) is 24.5 Å². The molecule has 90 valence electrons. The van der Waals surface area contributed by atoms with Gasteiger partial charge in [0.05, 0.1) is 11.2 Å². The van der Waals surface area contributed by atoms with E-state index < -0.39 is 0 Å². The molecule has 0 aromatic carbocycles. The van der Waals surface area contributed by atoms with E-state index in [2.05, 4.69) is 49.5 Å². The van der Waals surface area contributed by atoms with Crippen LogP contribution in [0, 0.1) is 11.8 Å². The summed E-state index contributed by atoms with van der Waals surface area (Å²) in [7, 11) is 0. The van der Waals surface area contributed by atoms with Crippen molar-refractivity contribution in [2.75, 3.05) is 13.1 Å². The third-order valence-corrected chi connectivity index (χ3v) is 3.01. The van der Waals surface area contributed by atoms with Gasteiger partial charge in [0.25, 0.3) is 0 Å².